The summed E-state index contributed by atoms with van der Waals surface area (Å²) in [5.41, 5.74) is 8.21. The molecule has 1 amide bonds. The predicted molar refractivity (Wildman–Crippen MR) is 96.9 cm³/mol. The van der Waals surface area contributed by atoms with E-state index in [9.17, 15) is 4.79 Å². The van der Waals surface area contributed by atoms with E-state index >= 15 is 0 Å². The van der Waals surface area contributed by atoms with E-state index in [0.717, 1.165) is 37.4 Å². The van der Waals surface area contributed by atoms with Gasteiger partial charge in [0.1, 0.15) is 11.5 Å². The maximum Gasteiger partial charge on any atom is 0.248 e. The molecule has 1 fully saturated rings. The average Bonchev–Trinajstić information content (AvgIpc) is 3.09. The van der Waals surface area contributed by atoms with E-state index in [4.69, 9.17) is 15.2 Å². The number of likely N-dealkylation sites (tertiary alicyclic amines) is 1. The summed E-state index contributed by atoms with van der Waals surface area (Å²) in [5, 5.41) is 0. The third-order valence-corrected chi connectivity index (χ3v) is 4.79. The van der Waals surface area contributed by atoms with Gasteiger partial charge in [0.15, 0.2) is 0 Å². The van der Waals surface area contributed by atoms with Crippen LogP contribution >= 0.6 is 0 Å². The summed E-state index contributed by atoms with van der Waals surface area (Å²) in [4.78, 5) is 13.7. The molecule has 5 heteroatoms. The maximum atomic E-state index is 11.2. The van der Waals surface area contributed by atoms with Crippen molar-refractivity contribution in [1.82, 2.24) is 4.90 Å². The zero-order chi connectivity index (χ0) is 17.8. The quantitative estimate of drug-likeness (QED) is 0.877. The summed E-state index contributed by atoms with van der Waals surface area (Å²) >= 11 is 0. The van der Waals surface area contributed by atoms with Gasteiger partial charge in [-0.1, -0.05) is 18.2 Å². The molecule has 1 aliphatic rings. The molecular weight excluding hydrogens is 316 g/mol. The summed E-state index contributed by atoms with van der Waals surface area (Å²) in [6, 6.07) is 13.9. The van der Waals surface area contributed by atoms with Gasteiger partial charge in [0.05, 0.1) is 14.2 Å². The van der Waals surface area contributed by atoms with Crippen molar-refractivity contribution in [2.45, 2.75) is 25.4 Å². The number of hydrogen-bond acceptors (Lipinski definition) is 4. The van der Waals surface area contributed by atoms with Crippen molar-refractivity contribution in [1.29, 1.82) is 0 Å². The molecule has 0 bridgehead atoms. The van der Waals surface area contributed by atoms with E-state index in [1.807, 2.05) is 24.3 Å². The van der Waals surface area contributed by atoms with E-state index < -0.39 is 5.91 Å². The van der Waals surface area contributed by atoms with Crippen LogP contribution in [0.2, 0.25) is 0 Å². The molecule has 0 spiro atoms. The number of nitrogens with zero attached hydrogens (tertiary/aromatic N) is 1. The van der Waals surface area contributed by atoms with E-state index in [0.29, 0.717) is 11.6 Å². The fraction of sp³-hybridized carbons (Fsp3) is 0.350. The van der Waals surface area contributed by atoms with Crippen LogP contribution < -0.4 is 15.2 Å². The number of nitrogens with two attached hydrogens (primary N) is 1. The van der Waals surface area contributed by atoms with Crippen LogP contribution in [-0.2, 0) is 6.54 Å². The lowest BCUT2D eigenvalue weighted by atomic mass is 10.0. The second kappa shape index (κ2) is 7.57. The summed E-state index contributed by atoms with van der Waals surface area (Å²) < 4.78 is 10.9. The highest BCUT2D eigenvalue weighted by Gasteiger charge is 2.28. The molecule has 1 saturated heterocycles. The molecule has 0 unspecified atom stereocenters. The number of carbonyl (C=O) groups excluding carboxylic acids is 1. The SMILES string of the molecule is COc1ccc([C@H]2CCCN2Cc2ccc(C(N)=O)cc2)c(OC)c1. The highest BCUT2D eigenvalue weighted by atomic mass is 16.5. The third kappa shape index (κ3) is 3.77. The first-order chi connectivity index (χ1) is 12.1. The van der Waals surface area contributed by atoms with E-state index in [2.05, 4.69) is 11.0 Å². The van der Waals surface area contributed by atoms with Gasteiger partial charge >= 0.3 is 0 Å². The predicted octanol–water partition coefficient (Wildman–Crippen LogP) is 3.14. The molecule has 1 heterocycles. The Morgan fingerprint density at radius 3 is 2.56 bits per heavy atom. The molecule has 1 aliphatic heterocycles. The maximum absolute atomic E-state index is 11.2. The lowest BCUT2D eigenvalue weighted by molar-refractivity contribution is 0.1000. The number of ether oxygens (including phenoxy) is 2. The second-order valence-corrected chi connectivity index (χ2v) is 6.30. The lowest BCUT2D eigenvalue weighted by Crippen LogP contribution is -2.23. The van der Waals surface area contributed by atoms with Gasteiger partial charge in [0.2, 0.25) is 5.91 Å². The number of primary amides is 1. The highest BCUT2D eigenvalue weighted by Crippen LogP contribution is 2.39. The molecule has 1 atom stereocenters. The van der Waals surface area contributed by atoms with Crippen molar-refractivity contribution >= 4 is 5.91 Å². The largest absolute Gasteiger partial charge is 0.497 e. The Bertz CT molecular complexity index is 743. The molecule has 2 aromatic carbocycles. The van der Waals surface area contributed by atoms with Crippen LogP contribution in [0, 0.1) is 0 Å². The van der Waals surface area contributed by atoms with Crippen molar-refractivity contribution in [3.05, 3.63) is 59.2 Å². The van der Waals surface area contributed by atoms with Crippen molar-refractivity contribution < 1.29 is 14.3 Å². The van der Waals surface area contributed by atoms with Crippen LogP contribution in [0.15, 0.2) is 42.5 Å². The average molecular weight is 340 g/mol. The number of carbonyl (C=O) groups is 1. The van der Waals surface area contributed by atoms with Gasteiger partial charge in [0.25, 0.3) is 0 Å². The van der Waals surface area contributed by atoms with Crippen molar-refractivity contribution in [2.24, 2.45) is 5.73 Å². The smallest absolute Gasteiger partial charge is 0.248 e. The molecule has 5 nitrogen and oxygen atoms in total. The number of benzene rings is 2. The Morgan fingerprint density at radius 2 is 1.92 bits per heavy atom. The zero-order valence-electron chi connectivity index (χ0n) is 14.7. The fourth-order valence-corrected chi connectivity index (χ4v) is 3.47. The molecule has 2 aromatic rings. The normalized spacial score (nSPS) is 17.4. The van der Waals surface area contributed by atoms with Gasteiger partial charge in [-0.2, -0.15) is 0 Å². The molecule has 0 aliphatic carbocycles. The van der Waals surface area contributed by atoms with Crippen LogP contribution in [0.5, 0.6) is 11.5 Å². The lowest BCUT2D eigenvalue weighted by Gasteiger charge is -2.26. The highest BCUT2D eigenvalue weighted by molar-refractivity contribution is 5.92. The van der Waals surface area contributed by atoms with Crippen molar-refractivity contribution in [3.8, 4) is 11.5 Å². The topological polar surface area (TPSA) is 64.8 Å². The summed E-state index contributed by atoms with van der Waals surface area (Å²) in [7, 11) is 3.35. The first-order valence-electron chi connectivity index (χ1n) is 8.47. The third-order valence-electron chi connectivity index (χ3n) is 4.79. The van der Waals surface area contributed by atoms with E-state index in [1.165, 1.54) is 11.1 Å². The Kier molecular flexibility index (Phi) is 5.24. The molecule has 0 aromatic heterocycles. The summed E-state index contributed by atoms with van der Waals surface area (Å²) in [5.74, 6) is 1.26. The molecule has 132 valence electrons. The Morgan fingerprint density at radius 1 is 1.16 bits per heavy atom. The van der Waals surface area contributed by atoms with E-state index in [-0.39, 0.29) is 0 Å². The number of rotatable bonds is 6. The van der Waals surface area contributed by atoms with Gasteiger partial charge in [0, 0.05) is 29.8 Å². The minimum atomic E-state index is -0.395. The van der Waals surface area contributed by atoms with Crippen LogP contribution in [-0.4, -0.2) is 31.6 Å². The Hall–Kier alpha value is -2.53. The van der Waals surface area contributed by atoms with Gasteiger partial charge in [-0.05, 0) is 43.1 Å². The minimum absolute atomic E-state index is 0.316. The Balaban J connectivity index is 1.79. The number of methoxy groups -OCH3 is 2. The number of hydrogen-bond donors (Lipinski definition) is 1. The molecule has 2 N–H and O–H groups in total. The van der Waals surface area contributed by atoms with Gasteiger partial charge < -0.3 is 15.2 Å². The van der Waals surface area contributed by atoms with Gasteiger partial charge in [-0.15, -0.1) is 0 Å². The monoisotopic (exact) mass is 340 g/mol. The zero-order valence-corrected chi connectivity index (χ0v) is 14.7. The molecule has 0 saturated carbocycles. The first-order valence-corrected chi connectivity index (χ1v) is 8.47. The molecular formula is C20H24N2O3. The van der Waals surface area contributed by atoms with Crippen molar-refractivity contribution in [2.75, 3.05) is 20.8 Å². The second-order valence-electron chi connectivity index (χ2n) is 6.30. The van der Waals surface area contributed by atoms with Crippen LogP contribution in [0.1, 0.15) is 40.4 Å². The van der Waals surface area contributed by atoms with Gasteiger partial charge in [-0.3, -0.25) is 9.69 Å². The molecule has 25 heavy (non-hydrogen) atoms. The standard InChI is InChI=1S/C20H24N2O3/c1-24-16-9-10-17(19(12-16)25-2)18-4-3-11-22(18)13-14-5-7-15(8-6-14)20(21)23/h5-10,12,18H,3-4,11,13H2,1-2H3,(H2,21,23)/t18-/m1/s1. The summed E-state index contributed by atoms with van der Waals surface area (Å²) in [6.45, 7) is 1.87. The molecule has 0 radical (unpaired) electrons. The molecule has 3 rings (SSSR count). The fourth-order valence-electron chi connectivity index (χ4n) is 3.47. The Labute approximate surface area is 148 Å². The number of amides is 1. The van der Waals surface area contributed by atoms with Crippen LogP contribution in [0.25, 0.3) is 0 Å². The van der Waals surface area contributed by atoms with Gasteiger partial charge in [-0.25, -0.2) is 0 Å². The van der Waals surface area contributed by atoms with E-state index in [1.54, 1.807) is 26.4 Å². The minimum Gasteiger partial charge on any atom is -0.497 e. The van der Waals surface area contributed by atoms with Crippen LogP contribution in [0.3, 0.4) is 0 Å². The van der Waals surface area contributed by atoms with Crippen LogP contribution in [0.4, 0.5) is 0 Å². The first kappa shape index (κ1) is 17.3. The summed E-state index contributed by atoms with van der Waals surface area (Å²) in [6.07, 6.45) is 2.25. The van der Waals surface area contributed by atoms with Crippen molar-refractivity contribution in [3.63, 3.8) is 0 Å².